The molecule has 1 unspecified atom stereocenters. The van der Waals surface area contributed by atoms with E-state index in [2.05, 4.69) is 24.1 Å². The van der Waals surface area contributed by atoms with E-state index in [0.717, 1.165) is 32.6 Å². The number of benzene rings is 1. The number of rotatable bonds is 10. The average molecular weight is 295 g/mol. The second-order valence-electron chi connectivity index (χ2n) is 4.95. The van der Waals surface area contributed by atoms with Crippen LogP contribution in [0.1, 0.15) is 31.9 Å². The number of non-ortho nitro benzene ring substituents is 1. The van der Waals surface area contributed by atoms with Gasteiger partial charge in [-0.05, 0) is 50.3 Å². The summed E-state index contributed by atoms with van der Waals surface area (Å²) in [5.41, 5.74) is 0.731. The maximum absolute atomic E-state index is 10.6. The molecule has 0 fully saturated rings. The predicted octanol–water partition coefficient (Wildman–Crippen LogP) is 1.95. The van der Waals surface area contributed by atoms with Gasteiger partial charge >= 0.3 is 0 Å². The van der Waals surface area contributed by atoms with Crippen molar-refractivity contribution >= 4 is 5.69 Å². The van der Waals surface area contributed by atoms with E-state index in [4.69, 9.17) is 0 Å². The molecule has 0 amide bonds. The first-order valence-electron chi connectivity index (χ1n) is 7.44. The van der Waals surface area contributed by atoms with E-state index >= 15 is 0 Å². The first-order chi connectivity index (χ1) is 10.1. The quantitative estimate of drug-likeness (QED) is 0.392. The van der Waals surface area contributed by atoms with Gasteiger partial charge in [-0.3, -0.25) is 10.1 Å². The Morgan fingerprint density at radius 3 is 2.43 bits per heavy atom. The van der Waals surface area contributed by atoms with Crippen molar-refractivity contribution in [1.29, 1.82) is 0 Å². The highest BCUT2D eigenvalue weighted by Crippen LogP contribution is 2.17. The van der Waals surface area contributed by atoms with Gasteiger partial charge in [-0.15, -0.1) is 0 Å². The normalized spacial score (nSPS) is 12.6. The maximum atomic E-state index is 10.6. The third kappa shape index (κ3) is 6.20. The molecule has 118 valence electrons. The second kappa shape index (κ2) is 9.44. The van der Waals surface area contributed by atoms with Crippen LogP contribution < -0.4 is 5.32 Å². The summed E-state index contributed by atoms with van der Waals surface area (Å²) in [4.78, 5) is 12.5. The Morgan fingerprint density at radius 1 is 1.29 bits per heavy atom. The van der Waals surface area contributed by atoms with E-state index in [9.17, 15) is 15.2 Å². The first kappa shape index (κ1) is 17.6. The van der Waals surface area contributed by atoms with Gasteiger partial charge in [-0.2, -0.15) is 0 Å². The molecule has 0 heterocycles. The summed E-state index contributed by atoms with van der Waals surface area (Å²) < 4.78 is 0. The Hall–Kier alpha value is -1.50. The van der Waals surface area contributed by atoms with E-state index in [-0.39, 0.29) is 5.69 Å². The van der Waals surface area contributed by atoms with E-state index in [1.54, 1.807) is 12.1 Å². The van der Waals surface area contributed by atoms with Crippen LogP contribution >= 0.6 is 0 Å². The number of nitrogens with zero attached hydrogens (tertiary/aromatic N) is 2. The third-order valence-electron chi connectivity index (χ3n) is 3.55. The van der Waals surface area contributed by atoms with E-state index in [1.165, 1.54) is 12.1 Å². The predicted molar refractivity (Wildman–Crippen MR) is 83.3 cm³/mol. The highest BCUT2D eigenvalue weighted by Gasteiger charge is 2.10. The number of aliphatic hydroxyl groups is 1. The highest BCUT2D eigenvalue weighted by molar-refractivity contribution is 5.33. The SMILES string of the molecule is CCN(CC)CCCNCC(O)c1ccc([N+](=O)[O-])cc1. The van der Waals surface area contributed by atoms with Crippen molar-refractivity contribution in [3.05, 3.63) is 39.9 Å². The van der Waals surface area contributed by atoms with Crippen molar-refractivity contribution in [3.8, 4) is 0 Å². The summed E-state index contributed by atoms with van der Waals surface area (Å²) in [6, 6.07) is 6.03. The van der Waals surface area contributed by atoms with Crippen LogP contribution in [0, 0.1) is 10.1 Å². The summed E-state index contributed by atoms with van der Waals surface area (Å²) in [6.07, 6.45) is 0.397. The lowest BCUT2D eigenvalue weighted by Crippen LogP contribution is -2.28. The van der Waals surface area contributed by atoms with Gasteiger partial charge in [0.05, 0.1) is 11.0 Å². The first-order valence-corrected chi connectivity index (χ1v) is 7.44. The molecule has 21 heavy (non-hydrogen) atoms. The molecule has 0 aliphatic heterocycles. The van der Waals surface area contributed by atoms with Crippen molar-refractivity contribution in [3.63, 3.8) is 0 Å². The molecular formula is C15H25N3O3. The van der Waals surface area contributed by atoms with Gasteiger partial charge in [0.2, 0.25) is 0 Å². The number of nitro benzene ring substituents is 1. The maximum Gasteiger partial charge on any atom is 0.269 e. The molecule has 0 bridgehead atoms. The summed E-state index contributed by atoms with van der Waals surface area (Å²) in [7, 11) is 0. The molecule has 1 aromatic carbocycles. The molecule has 1 rings (SSSR count). The van der Waals surface area contributed by atoms with Gasteiger partial charge in [0.1, 0.15) is 0 Å². The zero-order valence-corrected chi connectivity index (χ0v) is 12.8. The van der Waals surface area contributed by atoms with Gasteiger partial charge in [-0.25, -0.2) is 0 Å². The van der Waals surface area contributed by atoms with Gasteiger partial charge in [0, 0.05) is 18.7 Å². The number of hydrogen-bond donors (Lipinski definition) is 2. The van der Waals surface area contributed by atoms with E-state index < -0.39 is 11.0 Å². The van der Waals surface area contributed by atoms with Crippen LogP contribution in [0.2, 0.25) is 0 Å². The number of nitrogens with one attached hydrogen (secondary N) is 1. The van der Waals surface area contributed by atoms with Crippen LogP contribution in [-0.2, 0) is 0 Å². The summed E-state index contributed by atoms with van der Waals surface area (Å²) in [5, 5.41) is 23.8. The fourth-order valence-corrected chi connectivity index (χ4v) is 2.14. The molecule has 1 atom stereocenters. The topological polar surface area (TPSA) is 78.6 Å². The van der Waals surface area contributed by atoms with E-state index in [1.807, 2.05) is 0 Å². The van der Waals surface area contributed by atoms with Crippen LogP contribution in [0.5, 0.6) is 0 Å². The molecule has 0 radical (unpaired) electrons. The zero-order valence-electron chi connectivity index (χ0n) is 12.8. The Labute approximate surface area is 125 Å². The molecule has 6 heteroatoms. The Morgan fingerprint density at radius 2 is 1.90 bits per heavy atom. The Bertz CT molecular complexity index is 419. The van der Waals surface area contributed by atoms with Crippen LogP contribution in [0.4, 0.5) is 5.69 Å². The van der Waals surface area contributed by atoms with Gasteiger partial charge < -0.3 is 15.3 Å². The molecule has 0 saturated carbocycles. The third-order valence-corrected chi connectivity index (χ3v) is 3.55. The second-order valence-corrected chi connectivity index (χ2v) is 4.95. The fraction of sp³-hybridized carbons (Fsp3) is 0.600. The summed E-state index contributed by atoms with van der Waals surface area (Å²) >= 11 is 0. The van der Waals surface area contributed by atoms with Crippen LogP contribution in [-0.4, -0.2) is 47.7 Å². The molecule has 0 aliphatic carbocycles. The molecular weight excluding hydrogens is 270 g/mol. The number of nitro groups is 1. The lowest BCUT2D eigenvalue weighted by atomic mass is 10.1. The Balaban J connectivity index is 2.27. The van der Waals surface area contributed by atoms with Crippen LogP contribution in [0.25, 0.3) is 0 Å². The van der Waals surface area contributed by atoms with Crippen LogP contribution in [0.3, 0.4) is 0 Å². The molecule has 0 aromatic heterocycles. The van der Waals surface area contributed by atoms with E-state index in [0.29, 0.717) is 12.1 Å². The lowest BCUT2D eigenvalue weighted by Gasteiger charge is -2.18. The fourth-order valence-electron chi connectivity index (χ4n) is 2.14. The van der Waals surface area contributed by atoms with Gasteiger partial charge in [-0.1, -0.05) is 13.8 Å². The molecule has 2 N–H and O–H groups in total. The lowest BCUT2D eigenvalue weighted by molar-refractivity contribution is -0.384. The monoisotopic (exact) mass is 295 g/mol. The summed E-state index contributed by atoms with van der Waals surface area (Å²) in [5.74, 6) is 0. The summed E-state index contributed by atoms with van der Waals surface area (Å²) in [6.45, 7) is 8.76. The minimum Gasteiger partial charge on any atom is -0.387 e. The van der Waals surface area contributed by atoms with Crippen molar-refractivity contribution in [2.75, 3.05) is 32.7 Å². The molecule has 0 aliphatic rings. The van der Waals surface area contributed by atoms with Gasteiger partial charge in [0.15, 0.2) is 0 Å². The van der Waals surface area contributed by atoms with Gasteiger partial charge in [0.25, 0.3) is 5.69 Å². The largest absolute Gasteiger partial charge is 0.387 e. The molecule has 0 spiro atoms. The van der Waals surface area contributed by atoms with Crippen molar-refractivity contribution < 1.29 is 10.0 Å². The highest BCUT2D eigenvalue weighted by atomic mass is 16.6. The zero-order chi connectivity index (χ0) is 15.7. The molecule has 6 nitrogen and oxygen atoms in total. The minimum absolute atomic E-state index is 0.0399. The van der Waals surface area contributed by atoms with Crippen LogP contribution in [0.15, 0.2) is 24.3 Å². The Kier molecular flexibility index (Phi) is 7.89. The molecule has 1 aromatic rings. The molecule has 0 saturated heterocycles. The number of aliphatic hydroxyl groups excluding tert-OH is 1. The standard InChI is InChI=1S/C15H25N3O3/c1-3-17(4-2)11-5-10-16-12-15(19)13-6-8-14(9-7-13)18(20)21/h6-9,15-16,19H,3-5,10-12H2,1-2H3. The average Bonchev–Trinajstić information content (AvgIpc) is 2.50. The van der Waals surface area contributed by atoms with Crippen molar-refractivity contribution in [1.82, 2.24) is 10.2 Å². The minimum atomic E-state index is -0.640. The van der Waals surface area contributed by atoms with Crippen molar-refractivity contribution in [2.24, 2.45) is 0 Å². The van der Waals surface area contributed by atoms with Crippen molar-refractivity contribution in [2.45, 2.75) is 26.4 Å². The smallest absolute Gasteiger partial charge is 0.269 e. The number of hydrogen-bond acceptors (Lipinski definition) is 5.